The fourth-order valence-electron chi connectivity index (χ4n) is 4.95. The summed E-state index contributed by atoms with van der Waals surface area (Å²) >= 11 is 5.98. The number of carbonyl (C=O) groups excluding carboxylic acids is 3. The van der Waals surface area contributed by atoms with Crippen LogP contribution < -0.4 is 5.32 Å². The lowest BCUT2D eigenvalue weighted by Crippen LogP contribution is -2.52. The van der Waals surface area contributed by atoms with E-state index in [1.54, 1.807) is 24.3 Å². The van der Waals surface area contributed by atoms with Gasteiger partial charge in [-0.2, -0.15) is 0 Å². The highest BCUT2D eigenvalue weighted by atomic mass is 35.5. The monoisotopic (exact) mass is 479 g/mol. The number of ether oxygens (including phenoxy) is 1. The Hall–Kier alpha value is -3.32. The first-order chi connectivity index (χ1) is 16.5. The lowest BCUT2D eigenvalue weighted by atomic mass is 9.90. The molecule has 8 heteroatoms. The largest absolute Gasteiger partial charge is 0.456 e. The van der Waals surface area contributed by atoms with Crippen LogP contribution in [-0.4, -0.2) is 53.9 Å². The first-order valence-electron chi connectivity index (χ1n) is 11.5. The van der Waals surface area contributed by atoms with Gasteiger partial charge in [-0.1, -0.05) is 54.1 Å². The number of benzene rings is 2. The Bertz CT molecular complexity index is 1120. The average Bonchev–Trinajstić information content (AvgIpc) is 3.24. The number of halogens is 1. The topological polar surface area (TPSA) is 79.0 Å². The molecule has 3 aliphatic heterocycles. The van der Waals surface area contributed by atoms with Crippen molar-refractivity contribution in [2.45, 2.75) is 25.3 Å². The van der Waals surface area contributed by atoms with Crippen molar-refractivity contribution >= 4 is 29.5 Å². The third kappa shape index (κ3) is 4.53. The zero-order valence-electron chi connectivity index (χ0n) is 18.7. The van der Waals surface area contributed by atoms with Crippen LogP contribution in [-0.2, 0) is 20.7 Å². The summed E-state index contributed by atoms with van der Waals surface area (Å²) in [4.78, 5) is 41.7. The third-order valence-electron chi connectivity index (χ3n) is 6.83. The van der Waals surface area contributed by atoms with Crippen molar-refractivity contribution < 1.29 is 19.1 Å². The first-order valence-corrected chi connectivity index (χ1v) is 11.9. The molecule has 2 aromatic rings. The van der Waals surface area contributed by atoms with Crippen LogP contribution in [0.4, 0.5) is 4.79 Å². The van der Waals surface area contributed by atoms with Crippen molar-refractivity contribution in [1.82, 2.24) is 15.1 Å². The molecular weight excluding hydrogens is 454 g/mol. The number of hydrogen-bond donors (Lipinski definition) is 1. The Morgan fingerprint density at radius 2 is 1.74 bits per heavy atom. The Kier molecular flexibility index (Phi) is 6.28. The summed E-state index contributed by atoms with van der Waals surface area (Å²) in [6.45, 7) is 1.21. The van der Waals surface area contributed by atoms with Gasteiger partial charge in [-0.05, 0) is 48.4 Å². The fourth-order valence-corrected chi connectivity index (χ4v) is 5.08. The predicted octanol–water partition coefficient (Wildman–Crippen LogP) is 3.70. The highest BCUT2D eigenvalue weighted by Gasteiger charge is 2.43. The molecule has 176 valence electrons. The molecule has 2 aromatic carbocycles. The lowest BCUT2D eigenvalue weighted by Gasteiger charge is -2.36. The number of likely N-dealkylation sites (tertiary alicyclic amines) is 1. The number of nitrogens with one attached hydrogen (secondary N) is 1. The molecule has 0 unspecified atom stereocenters. The van der Waals surface area contributed by atoms with Gasteiger partial charge in [0.05, 0.1) is 17.3 Å². The van der Waals surface area contributed by atoms with Gasteiger partial charge in [-0.3, -0.25) is 9.69 Å². The van der Waals surface area contributed by atoms with E-state index in [0.29, 0.717) is 35.3 Å². The average molecular weight is 480 g/mol. The van der Waals surface area contributed by atoms with Crippen LogP contribution >= 0.6 is 11.6 Å². The van der Waals surface area contributed by atoms with Crippen LogP contribution in [0.15, 0.2) is 65.9 Å². The predicted molar refractivity (Wildman–Crippen MR) is 127 cm³/mol. The molecule has 1 N–H and O–H groups in total. The summed E-state index contributed by atoms with van der Waals surface area (Å²) in [7, 11) is 0. The highest BCUT2D eigenvalue weighted by molar-refractivity contribution is 6.30. The maximum absolute atomic E-state index is 13.1. The molecule has 0 radical (unpaired) electrons. The number of nitrogens with zero attached hydrogens (tertiary/aromatic N) is 2. The van der Waals surface area contributed by atoms with Gasteiger partial charge < -0.3 is 15.0 Å². The number of carbonyl (C=O) groups is 3. The molecule has 34 heavy (non-hydrogen) atoms. The maximum Gasteiger partial charge on any atom is 0.338 e. The van der Waals surface area contributed by atoms with E-state index in [0.717, 1.165) is 24.8 Å². The van der Waals surface area contributed by atoms with Crippen molar-refractivity contribution in [1.29, 1.82) is 0 Å². The minimum Gasteiger partial charge on any atom is -0.456 e. The van der Waals surface area contributed by atoms with Gasteiger partial charge in [0.15, 0.2) is 0 Å². The molecule has 3 aliphatic rings. The Morgan fingerprint density at radius 1 is 1.03 bits per heavy atom. The molecule has 1 saturated heterocycles. The van der Waals surface area contributed by atoms with Crippen LogP contribution in [0, 0.1) is 5.92 Å². The number of rotatable bonds is 5. The van der Waals surface area contributed by atoms with Crippen LogP contribution in [0.1, 0.15) is 30.0 Å². The molecule has 5 rings (SSSR count). The summed E-state index contributed by atoms with van der Waals surface area (Å²) in [5.74, 6) is -0.0568. The molecule has 3 heterocycles. The van der Waals surface area contributed by atoms with Gasteiger partial charge in [0.25, 0.3) is 0 Å². The van der Waals surface area contributed by atoms with Crippen LogP contribution in [0.2, 0.25) is 5.02 Å². The molecular formula is C26H26ClN3O4. The van der Waals surface area contributed by atoms with E-state index >= 15 is 0 Å². The highest BCUT2D eigenvalue weighted by Crippen LogP contribution is 2.35. The Labute approximate surface area is 203 Å². The Morgan fingerprint density at radius 3 is 2.44 bits per heavy atom. The second kappa shape index (κ2) is 9.50. The second-order valence-corrected chi connectivity index (χ2v) is 9.41. The van der Waals surface area contributed by atoms with Gasteiger partial charge in [0.2, 0.25) is 5.91 Å². The number of cyclic esters (lactones) is 1. The van der Waals surface area contributed by atoms with Crippen LogP contribution in [0.25, 0.3) is 0 Å². The van der Waals surface area contributed by atoms with Crippen molar-refractivity contribution in [2.75, 3.05) is 26.2 Å². The standard InChI is InChI=1S/C26H26ClN3O4/c27-20-8-6-19(7-9-20)24-23-21(16-34-25(23)32)30(26(33)28-24)15-22(31)29-12-10-18(11-13-29)14-17-4-2-1-3-5-17/h1-9,18,24H,10-16H2,(H,28,33)/t24-/m1/s1. The van der Waals surface area contributed by atoms with Gasteiger partial charge in [-0.25, -0.2) is 9.59 Å². The summed E-state index contributed by atoms with van der Waals surface area (Å²) in [5, 5.41) is 3.42. The number of hydrogen-bond acceptors (Lipinski definition) is 4. The third-order valence-corrected chi connectivity index (χ3v) is 7.08. The zero-order chi connectivity index (χ0) is 23.7. The van der Waals surface area contributed by atoms with E-state index in [2.05, 4.69) is 29.6 Å². The van der Waals surface area contributed by atoms with Gasteiger partial charge in [0, 0.05) is 18.1 Å². The minimum atomic E-state index is -0.630. The maximum atomic E-state index is 13.1. The minimum absolute atomic E-state index is 0.0158. The van der Waals surface area contributed by atoms with E-state index in [-0.39, 0.29) is 19.1 Å². The van der Waals surface area contributed by atoms with Crippen molar-refractivity contribution in [3.05, 3.63) is 82.0 Å². The van der Waals surface area contributed by atoms with E-state index in [1.165, 1.54) is 10.5 Å². The van der Waals surface area contributed by atoms with E-state index in [1.807, 2.05) is 11.0 Å². The first kappa shape index (κ1) is 22.5. The van der Waals surface area contributed by atoms with Crippen molar-refractivity contribution in [3.8, 4) is 0 Å². The number of piperidine rings is 1. The van der Waals surface area contributed by atoms with Gasteiger partial charge in [0.1, 0.15) is 13.2 Å². The zero-order valence-corrected chi connectivity index (χ0v) is 19.5. The van der Waals surface area contributed by atoms with E-state index < -0.39 is 18.0 Å². The molecule has 0 spiro atoms. The smallest absolute Gasteiger partial charge is 0.338 e. The summed E-state index contributed by atoms with van der Waals surface area (Å²) < 4.78 is 5.25. The molecule has 7 nitrogen and oxygen atoms in total. The Balaban J connectivity index is 1.26. The molecule has 0 saturated carbocycles. The quantitative estimate of drug-likeness (QED) is 0.663. The van der Waals surface area contributed by atoms with Crippen LogP contribution in [0.3, 0.4) is 0 Å². The number of amides is 3. The second-order valence-electron chi connectivity index (χ2n) is 8.97. The number of urea groups is 1. The van der Waals surface area contributed by atoms with Crippen molar-refractivity contribution in [3.63, 3.8) is 0 Å². The fraction of sp³-hybridized carbons (Fsp3) is 0.346. The van der Waals surface area contributed by atoms with E-state index in [4.69, 9.17) is 16.3 Å². The number of esters is 1. The van der Waals surface area contributed by atoms with Crippen molar-refractivity contribution in [2.24, 2.45) is 5.92 Å². The molecule has 1 fully saturated rings. The molecule has 0 aromatic heterocycles. The molecule has 0 aliphatic carbocycles. The molecule has 3 amide bonds. The summed E-state index contributed by atoms with van der Waals surface area (Å²) in [6.07, 6.45) is 2.88. The summed E-state index contributed by atoms with van der Waals surface area (Å²) in [5.41, 5.74) is 2.88. The molecule has 1 atom stereocenters. The van der Waals surface area contributed by atoms with Crippen LogP contribution in [0.5, 0.6) is 0 Å². The summed E-state index contributed by atoms with van der Waals surface area (Å²) in [6, 6.07) is 16.3. The van der Waals surface area contributed by atoms with Gasteiger partial charge in [-0.15, -0.1) is 0 Å². The SMILES string of the molecule is O=C1OCC2=C1[C@@H](c1ccc(Cl)cc1)NC(=O)N2CC(=O)N1CCC(Cc2ccccc2)CC1. The molecule has 0 bridgehead atoms. The normalized spacial score (nSPS) is 20.8. The van der Waals surface area contributed by atoms with E-state index in [9.17, 15) is 14.4 Å². The lowest BCUT2D eigenvalue weighted by molar-refractivity contribution is -0.136. The van der Waals surface area contributed by atoms with Gasteiger partial charge >= 0.3 is 12.0 Å².